The van der Waals surface area contributed by atoms with E-state index in [4.69, 9.17) is 26.4 Å². The maximum Gasteiger partial charge on any atom is 0.321 e. The van der Waals surface area contributed by atoms with Crippen molar-refractivity contribution in [1.29, 1.82) is 0 Å². The lowest BCUT2D eigenvalue weighted by molar-refractivity contribution is 0.353. The van der Waals surface area contributed by atoms with E-state index in [9.17, 15) is 8.42 Å². The zero-order valence-electron chi connectivity index (χ0n) is 18.4. The highest BCUT2D eigenvalue weighted by Crippen LogP contribution is 2.26. The molecule has 0 bridgehead atoms. The Kier molecular flexibility index (Phi) is 7.51. The third kappa shape index (κ3) is 6.20. The molecule has 174 valence electrons. The zero-order valence-corrected chi connectivity index (χ0v) is 20.0. The van der Waals surface area contributed by atoms with Gasteiger partial charge in [0.25, 0.3) is 10.0 Å². The van der Waals surface area contributed by atoms with E-state index < -0.39 is 10.0 Å². The van der Waals surface area contributed by atoms with Crippen LogP contribution >= 0.6 is 12.2 Å². The van der Waals surface area contributed by atoms with Crippen molar-refractivity contribution in [3.05, 3.63) is 54.1 Å². The number of benzene rings is 2. The standard InChI is InChI=1S/C21H23N5O5S2/c1-13-5-10-17(29-2)16(11-13)23-21(32)22-14-6-8-15(9-7-14)33(27,28)26-18-12-19(30-3)25-20(24-18)31-4/h5-12H,1-4H3,(H2,22,23,32)(H,24,25,26). The van der Waals surface area contributed by atoms with Crippen molar-refractivity contribution in [3.63, 3.8) is 0 Å². The van der Waals surface area contributed by atoms with Gasteiger partial charge in [-0.1, -0.05) is 6.07 Å². The SMILES string of the molecule is COc1cc(NS(=O)(=O)c2ccc(NC(=S)Nc3cc(C)ccc3OC)cc2)nc(OC)n1. The summed E-state index contributed by atoms with van der Waals surface area (Å²) in [5, 5.41) is 6.42. The van der Waals surface area contributed by atoms with Crippen LogP contribution in [0.1, 0.15) is 5.56 Å². The summed E-state index contributed by atoms with van der Waals surface area (Å²) in [6.07, 6.45) is 0. The number of aryl methyl sites for hydroxylation is 1. The van der Waals surface area contributed by atoms with Gasteiger partial charge in [0.1, 0.15) is 5.75 Å². The fourth-order valence-electron chi connectivity index (χ4n) is 2.77. The number of sulfonamides is 1. The van der Waals surface area contributed by atoms with Gasteiger partial charge in [0.15, 0.2) is 10.9 Å². The van der Waals surface area contributed by atoms with Gasteiger partial charge in [-0.15, -0.1) is 0 Å². The molecular formula is C21H23N5O5S2. The second kappa shape index (κ2) is 10.3. The first-order chi connectivity index (χ1) is 15.7. The van der Waals surface area contributed by atoms with Crippen molar-refractivity contribution < 1.29 is 22.6 Å². The first-order valence-corrected chi connectivity index (χ1v) is 11.5. The van der Waals surface area contributed by atoms with Crippen LogP contribution in [0.5, 0.6) is 17.6 Å². The fourth-order valence-corrected chi connectivity index (χ4v) is 3.99. The molecule has 0 radical (unpaired) electrons. The van der Waals surface area contributed by atoms with Crippen LogP contribution in [0, 0.1) is 6.92 Å². The van der Waals surface area contributed by atoms with Gasteiger partial charge < -0.3 is 24.8 Å². The Hall–Kier alpha value is -3.64. The van der Waals surface area contributed by atoms with Gasteiger partial charge >= 0.3 is 6.01 Å². The minimum atomic E-state index is -3.92. The molecule has 0 fully saturated rings. The van der Waals surface area contributed by atoms with E-state index in [1.54, 1.807) is 19.2 Å². The number of anilines is 3. The number of methoxy groups -OCH3 is 3. The summed E-state index contributed by atoms with van der Waals surface area (Å²) in [5.74, 6) is 0.818. The smallest absolute Gasteiger partial charge is 0.321 e. The van der Waals surface area contributed by atoms with Crippen LogP contribution in [0.2, 0.25) is 0 Å². The number of thiocarbonyl (C=S) groups is 1. The lowest BCUT2D eigenvalue weighted by Crippen LogP contribution is -2.20. The Morgan fingerprint density at radius 2 is 1.64 bits per heavy atom. The first-order valence-electron chi connectivity index (χ1n) is 9.56. The number of nitrogens with one attached hydrogen (secondary N) is 3. The highest BCUT2D eigenvalue weighted by Gasteiger charge is 2.17. The van der Waals surface area contributed by atoms with Crippen LogP contribution in [0.15, 0.2) is 53.4 Å². The summed E-state index contributed by atoms with van der Waals surface area (Å²) in [6, 6.07) is 13.1. The van der Waals surface area contributed by atoms with Gasteiger partial charge in [-0.2, -0.15) is 9.97 Å². The van der Waals surface area contributed by atoms with Crippen molar-refractivity contribution in [3.8, 4) is 17.6 Å². The third-order valence-electron chi connectivity index (χ3n) is 4.34. The molecule has 0 aliphatic carbocycles. The number of aromatic nitrogens is 2. The monoisotopic (exact) mass is 489 g/mol. The molecule has 0 aliphatic heterocycles. The van der Waals surface area contributed by atoms with Crippen molar-refractivity contribution >= 4 is 44.5 Å². The zero-order chi connectivity index (χ0) is 24.0. The van der Waals surface area contributed by atoms with Crippen molar-refractivity contribution in [2.24, 2.45) is 0 Å². The predicted molar refractivity (Wildman–Crippen MR) is 130 cm³/mol. The van der Waals surface area contributed by atoms with Crippen molar-refractivity contribution in [1.82, 2.24) is 9.97 Å². The van der Waals surface area contributed by atoms with E-state index in [-0.39, 0.29) is 22.6 Å². The van der Waals surface area contributed by atoms with Crippen molar-refractivity contribution in [2.45, 2.75) is 11.8 Å². The van der Waals surface area contributed by atoms with E-state index in [0.717, 1.165) is 5.56 Å². The molecule has 0 amide bonds. The Morgan fingerprint density at radius 1 is 0.909 bits per heavy atom. The van der Waals surface area contributed by atoms with Crippen LogP contribution in [0.3, 0.4) is 0 Å². The molecule has 2 aromatic carbocycles. The van der Waals surface area contributed by atoms with E-state index in [1.165, 1.54) is 32.4 Å². The quantitative estimate of drug-likeness (QED) is 0.406. The Morgan fingerprint density at radius 3 is 2.27 bits per heavy atom. The van der Waals surface area contributed by atoms with Gasteiger partial charge in [0.2, 0.25) is 5.88 Å². The molecule has 3 rings (SSSR count). The van der Waals surface area contributed by atoms with Gasteiger partial charge in [-0.05, 0) is 61.1 Å². The molecule has 1 heterocycles. The second-order valence-electron chi connectivity index (χ2n) is 6.69. The Balaban J connectivity index is 1.70. The topological polar surface area (TPSA) is 124 Å². The summed E-state index contributed by atoms with van der Waals surface area (Å²) in [4.78, 5) is 7.94. The summed E-state index contributed by atoms with van der Waals surface area (Å²) < 4.78 is 43.2. The lowest BCUT2D eigenvalue weighted by Gasteiger charge is -2.14. The van der Waals surface area contributed by atoms with E-state index in [0.29, 0.717) is 22.2 Å². The lowest BCUT2D eigenvalue weighted by atomic mass is 10.2. The third-order valence-corrected chi connectivity index (χ3v) is 5.91. The highest BCUT2D eigenvalue weighted by molar-refractivity contribution is 7.92. The number of nitrogens with zero attached hydrogens (tertiary/aromatic N) is 2. The number of hydrogen-bond donors (Lipinski definition) is 3. The van der Waals surface area contributed by atoms with Gasteiger partial charge in [0, 0.05) is 11.8 Å². The average molecular weight is 490 g/mol. The molecule has 0 unspecified atom stereocenters. The summed E-state index contributed by atoms with van der Waals surface area (Å²) >= 11 is 5.36. The number of ether oxygens (including phenoxy) is 3. The summed E-state index contributed by atoms with van der Waals surface area (Å²) in [7, 11) is 0.433. The minimum Gasteiger partial charge on any atom is -0.495 e. The minimum absolute atomic E-state index is 0.0124. The number of rotatable bonds is 8. The van der Waals surface area contributed by atoms with E-state index in [2.05, 4.69) is 25.3 Å². The maximum absolute atomic E-state index is 12.8. The fraction of sp³-hybridized carbons (Fsp3) is 0.190. The molecule has 0 aliphatic rings. The Labute approximate surface area is 197 Å². The van der Waals surface area contributed by atoms with Gasteiger partial charge in [-0.3, -0.25) is 4.72 Å². The van der Waals surface area contributed by atoms with Gasteiger partial charge in [0.05, 0.1) is 31.9 Å². The second-order valence-corrected chi connectivity index (χ2v) is 8.79. The molecule has 0 atom stereocenters. The molecule has 0 saturated carbocycles. The molecule has 12 heteroatoms. The molecule has 0 spiro atoms. The van der Waals surface area contributed by atoms with Crippen LogP contribution in [0.4, 0.5) is 17.2 Å². The van der Waals surface area contributed by atoms with E-state index in [1.807, 2.05) is 25.1 Å². The summed E-state index contributed by atoms with van der Waals surface area (Å²) in [6.45, 7) is 1.96. The highest BCUT2D eigenvalue weighted by atomic mass is 32.2. The predicted octanol–water partition coefficient (Wildman–Crippen LogP) is 3.42. The van der Waals surface area contributed by atoms with Crippen LogP contribution in [0.25, 0.3) is 0 Å². The Bertz CT molecular complexity index is 1230. The van der Waals surface area contributed by atoms with Crippen LogP contribution < -0.4 is 29.6 Å². The molecule has 3 N–H and O–H groups in total. The first kappa shape index (κ1) is 24.0. The molecule has 33 heavy (non-hydrogen) atoms. The average Bonchev–Trinajstić information content (AvgIpc) is 2.79. The largest absolute Gasteiger partial charge is 0.495 e. The van der Waals surface area contributed by atoms with Crippen LogP contribution in [-0.4, -0.2) is 44.8 Å². The van der Waals surface area contributed by atoms with Gasteiger partial charge in [-0.25, -0.2) is 8.42 Å². The normalized spacial score (nSPS) is 10.8. The van der Waals surface area contributed by atoms with E-state index >= 15 is 0 Å². The molecule has 3 aromatic rings. The van der Waals surface area contributed by atoms with Crippen LogP contribution in [-0.2, 0) is 10.0 Å². The molecule has 1 aromatic heterocycles. The summed E-state index contributed by atoms with van der Waals surface area (Å²) in [5.41, 5.74) is 2.36. The molecular weight excluding hydrogens is 466 g/mol. The molecule has 10 nitrogen and oxygen atoms in total. The number of hydrogen-bond acceptors (Lipinski definition) is 8. The maximum atomic E-state index is 12.8. The van der Waals surface area contributed by atoms with Crippen molar-refractivity contribution in [2.75, 3.05) is 36.7 Å². The molecule has 0 saturated heterocycles.